The lowest BCUT2D eigenvalue weighted by Gasteiger charge is -2.30. The van der Waals surface area contributed by atoms with Crippen molar-refractivity contribution in [2.45, 2.75) is 90.7 Å². The summed E-state index contributed by atoms with van der Waals surface area (Å²) in [4.78, 5) is 0. The molecule has 0 heterocycles. The Balaban J connectivity index is 3.24. The van der Waals surface area contributed by atoms with Crippen molar-refractivity contribution in [1.29, 1.82) is 0 Å². The van der Waals surface area contributed by atoms with Crippen molar-refractivity contribution in [2.75, 3.05) is 0 Å². The first kappa shape index (κ1) is 29.9. The van der Waals surface area contributed by atoms with E-state index in [-0.39, 0.29) is 29.0 Å². The Hall–Kier alpha value is -1.13. The van der Waals surface area contributed by atoms with Crippen molar-refractivity contribution in [2.24, 2.45) is 11.3 Å². The summed E-state index contributed by atoms with van der Waals surface area (Å²) in [6, 6.07) is 0.580. The molecule has 0 saturated heterocycles. The minimum atomic E-state index is -6.25. The van der Waals surface area contributed by atoms with Crippen molar-refractivity contribution >= 4 is 23.2 Å². The van der Waals surface area contributed by atoms with Crippen LogP contribution in [0.1, 0.15) is 83.8 Å². The quantitative estimate of drug-likeness (QED) is 0.181. The summed E-state index contributed by atoms with van der Waals surface area (Å²) in [5.41, 5.74) is -7.70. The molecule has 0 N–H and O–H groups in total. The molecule has 0 aliphatic rings. The molecule has 1 atom stereocenters. The van der Waals surface area contributed by atoms with Crippen LogP contribution in [0, 0.1) is 23.2 Å². The Morgan fingerprint density at radius 2 is 1.24 bits per heavy atom. The third-order valence-electron chi connectivity index (χ3n) is 5.48. The first-order valence-corrected chi connectivity index (χ1v) is 11.6. The molecule has 1 rings (SSSR count). The summed E-state index contributed by atoms with van der Waals surface area (Å²) in [7, 11) is 0. The number of halogens is 9. The third kappa shape index (κ3) is 7.68. The van der Waals surface area contributed by atoms with E-state index >= 15 is 0 Å². The van der Waals surface area contributed by atoms with Gasteiger partial charge in [0.25, 0.3) is 0 Å². The molecule has 1 aromatic carbocycles. The maximum Gasteiger partial charge on any atom is 0.435 e. The first-order chi connectivity index (χ1) is 15.0. The predicted molar refractivity (Wildman–Crippen MR) is 119 cm³/mol. The minimum Gasteiger partial charge on any atom is -0.218 e. The van der Waals surface area contributed by atoms with E-state index in [0.717, 1.165) is 38.5 Å². The zero-order valence-electron chi connectivity index (χ0n) is 19.1. The van der Waals surface area contributed by atoms with Gasteiger partial charge in [-0.25, -0.2) is 4.39 Å². The van der Waals surface area contributed by atoms with E-state index in [1.807, 2.05) is 20.8 Å². The number of hydrogen-bond donors (Lipinski definition) is 0. The lowest BCUT2D eigenvalue weighted by Crippen LogP contribution is -2.50. The van der Waals surface area contributed by atoms with E-state index in [1.165, 1.54) is 6.42 Å². The molecule has 33 heavy (non-hydrogen) atoms. The highest BCUT2D eigenvalue weighted by Crippen LogP contribution is 2.54. The van der Waals surface area contributed by atoms with E-state index < -0.39 is 33.6 Å². The standard InChI is InChI=1S/C24H29Cl2F7/c1-5-6-7-8-9-10-11-16(21(2,3)4)12-13-18-19(25)14-17(15-20(18)26)22(27,23(28,29)30)24(31,32)33/h14-16H,5-11H2,1-4H3. The average Bonchev–Trinajstić information content (AvgIpc) is 2.64. The third-order valence-corrected chi connectivity index (χ3v) is 6.08. The fraction of sp³-hybridized carbons (Fsp3) is 0.667. The molecule has 0 aromatic heterocycles. The Bertz CT molecular complexity index is 803. The van der Waals surface area contributed by atoms with Crippen molar-refractivity contribution < 1.29 is 30.7 Å². The van der Waals surface area contributed by atoms with Gasteiger partial charge in [-0.1, -0.05) is 101 Å². The highest BCUT2D eigenvalue weighted by atomic mass is 35.5. The highest BCUT2D eigenvalue weighted by molar-refractivity contribution is 6.36. The van der Waals surface area contributed by atoms with Crippen LogP contribution in [0.3, 0.4) is 0 Å². The van der Waals surface area contributed by atoms with Gasteiger partial charge in [0.15, 0.2) is 0 Å². The van der Waals surface area contributed by atoms with Gasteiger partial charge in [-0.05, 0) is 24.0 Å². The molecule has 188 valence electrons. The second kappa shape index (κ2) is 11.5. The lowest BCUT2D eigenvalue weighted by molar-refractivity contribution is -0.348. The molecule has 0 radical (unpaired) electrons. The summed E-state index contributed by atoms with van der Waals surface area (Å²) in [6.45, 7) is 8.09. The summed E-state index contributed by atoms with van der Waals surface area (Å²) in [6.07, 6.45) is -5.16. The normalized spacial score (nSPS) is 14.1. The van der Waals surface area contributed by atoms with Gasteiger partial charge in [-0.15, -0.1) is 0 Å². The molecule has 0 aliphatic heterocycles. The Kier molecular flexibility index (Phi) is 10.4. The van der Waals surface area contributed by atoms with Crippen LogP contribution in [0.15, 0.2) is 12.1 Å². The zero-order valence-corrected chi connectivity index (χ0v) is 20.6. The van der Waals surface area contributed by atoms with E-state index in [0.29, 0.717) is 0 Å². The van der Waals surface area contributed by atoms with Gasteiger partial charge in [0, 0.05) is 11.5 Å². The highest BCUT2D eigenvalue weighted by Gasteiger charge is 2.73. The van der Waals surface area contributed by atoms with Crippen LogP contribution >= 0.6 is 23.2 Å². The molecule has 1 aromatic rings. The second-order valence-corrected chi connectivity index (χ2v) is 10.0. The van der Waals surface area contributed by atoms with Gasteiger partial charge in [-0.2, -0.15) is 26.3 Å². The SMILES string of the molecule is CCCCCCCCC(C#Cc1c(Cl)cc(C(F)(C(F)(F)F)C(F)(F)F)cc1Cl)C(C)(C)C. The van der Waals surface area contributed by atoms with E-state index in [2.05, 4.69) is 18.8 Å². The van der Waals surface area contributed by atoms with Crippen molar-refractivity contribution in [3.8, 4) is 11.8 Å². The van der Waals surface area contributed by atoms with E-state index in [4.69, 9.17) is 23.2 Å². The van der Waals surface area contributed by atoms with Crippen LogP contribution in [0.4, 0.5) is 30.7 Å². The first-order valence-electron chi connectivity index (χ1n) is 10.8. The summed E-state index contributed by atoms with van der Waals surface area (Å²) in [5.74, 6) is 5.62. The fourth-order valence-corrected chi connectivity index (χ4v) is 3.97. The Labute approximate surface area is 201 Å². The van der Waals surface area contributed by atoms with Crippen LogP contribution in [0.2, 0.25) is 10.0 Å². The Morgan fingerprint density at radius 1 is 0.788 bits per heavy atom. The summed E-state index contributed by atoms with van der Waals surface area (Å²) < 4.78 is 92.6. The van der Waals surface area contributed by atoms with Crippen molar-refractivity contribution in [3.63, 3.8) is 0 Å². The van der Waals surface area contributed by atoms with Gasteiger partial charge < -0.3 is 0 Å². The molecule has 0 amide bonds. The topological polar surface area (TPSA) is 0 Å². The minimum absolute atomic E-state index is 0.110. The lowest BCUT2D eigenvalue weighted by atomic mass is 9.78. The number of benzene rings is 1. The van der Waals surface area contributed by atoms with Crippen molar-refractivity contribution in [1.82, 2.24) is 0 Å². The van der Waals surface area contributed by atoms with E-state index in [1.54, 1.807) is 0 Å². The number of unbranched alkanes of at least 4 members (excludes halogenated alkanes) is 5. The molecule has 0 bridgehead atoms. The maximum absolute atomic E-state index is 14.3. The van der Waals surface area contributed by atoms with Gasteiger partial charge >= 0.3 is 18.0 Å². The number of hydrogen-bond acceptors (Lipinski definition) is 0. The largest absolute Gasteiger partial charge is 0.435 e. The molecule has 0 saturated carbocycles. The molecule has 0 fully saturated rings. The predicted octanol–water partition coefficient (Wildman–Crippen LogP) is 10.0. The van der Waals surface area contributed by atoms with E-state index in [9.17, 15) is 30.7 Å². The fourth-order valence-electron chi connectivity index (χ4n) is 3.39. The summed E-state index contributed by atoms with van der Waals surface area (Å²) >= 11 is 11.9. The second-order valence-electron chi connectivity index (χ2n) is 9.21. The molecule has 9 heteroatoms. The van der Waals surface area contributed by atoms with Crippen LogP contribution in [0.25, 0.3) is 0 Å². The van der Waals surface area contributed by atoms with Gasteiger partial charge in [0.2, 0.25) is 0 Å². The van der Waals surface area contributed by atoms with Crippen LogP contribution in [0.5, 0.6) is 0 Å². The zero-order chi connectivity index (χ0) is 25.7. The molecule has 0 spiro atoms. The average molecular weight is 521 g/mol. The molecule has 0 aliphatic carbocycles. The van der Waals surface area contributed by atoms with Crippen LogP contribution in [-0.2, 0) is 5.67 Å². The molecular formula is C24H29Cl2F7. The van der Waals surface area contributed by atoms with Crippen LogP contribution in [-0.4, -0.2) is 12.4 Å². The monoisotopic (exact) mass is 520 g/mol. The van der Waals surface area contributed by atoms with Crippen molar-refractivity contribution in [3.05, 3.63) is 33.3 Å². The van der Waals surface area contributed by atoms with Gasteiger partial charge in [0.05, 0.1) is 15.6 Å². The molecule has 1 unspecified atom stereocenters. The van der Waals surface area contributed by atoms with Gasteiger partial charge in [0.1, 0.15) is 0 Å². The van der Waals surface area contributed by atoms with Gasteiger partial charge in [-0.3, -0.25) is 0 Å². The Morgan fingerprint density at radius 3 is 1.67 bits per heavy atom. The summed E-state index contributed by atoms with van der Waals surface area (Å²) in [5, 5.41) is -1.15. The number of alkyl halides is 7. The number of rotatable bonds is 8. The van der Waals surface area contributed by atoms with Crippen LogP contribution < -0.4 is 0 Å². The molecular weight excluding hydrogens is 492 g/mol. The smallest absolute Gasteiger partial charge is 0.218 e. The molecule has 0 nitrogen and oxygen atoms in total. The maximum atomic E-state index is 14.3.